The molecule has 1 rings (SSSR count). The zero-order valence-electron chi connectivity index (χ0n) is 11.4. The number of carbonyl (C=O) groups excluding carboxylic acids is 1. The van der Waals surface area contributed by atoms with Gasteiger partial charge in [0.2, 0.25) is 0 Å². The summed E-state index contributed by atoms with van der Waals surface area (Å²) in [6.07, 6.45) is 0. The predicted molar refractivity (Wildman–Crippen MR) is 70.8 cm³/mol. The van der Waals surface area contributed by atoms with Gasteiger partial charge in [0.05, 0.1) is 6.61 Å². The van der Waals surface area contributed by atoms with Crippen LogP contribution in [0.15, 0.2) is 18.2 Å². The molecule has 1 unspecified atom stereocenters. The summed E-state index contributed by atoms with van der Waals surface area (Å²) in [7, 11) is 1.89. The zero-order chi connectivity index (χ0) is 13.5. The highest BCUT2D eigenvalue weighted by Crippen LogP contribution is 2.26. The average molecular weight is 251 g/mol. The lowest BCUT2D eigenvalue weighted by atomic mass is 10.0. The van der Waals surface area contributed by atoms with Gasteiger partial charge in [-0.05, 0) is 33.9 Å². The monoisotopic (exact) mass is 251 g/mol. The van der Waals surface area contributed by atoms with Gasteiger partial charge in [0.1, 0.15) is 5.75 Å². The Morgan fingerprint density at radius 2 is 2.17 bits per heavy atom. The van der Waals surface area contributed by atoms with E-state index in [1.807, 2.05) is 33.0 Å². The number of esters is 1. The fraction of sp³-hybridized carbons (Fsp3) is 0.500. The molecule has 0 saturated carbocycles. The van der Waals surface area contributed by atoms with Crippen molar-refractivity contribution < 1.29 is 14.3 Å². The van der Waals surface area contributed by atoms with Crippen LogP contribution in [-0.2, 0) is 9.53 Å². The van der Waals surface area contributed by atoms with Crippen molar-refractivity contribution in [1.29, 1.82) is 0 Å². The number of nitrogens with one attached hydrogen (secondary N) is 1. The Kier molecular flexibility index (Phi) is 5.65. The fourth-order valence-corrected chi connectivity index (χ4v) is 1.63. The van der Waals surface area contributed by atoms with Crippen LogP contribution in [0.2, 0.25) is 0 Å². The van der Waals surface area contributed by atoms with Crippen molar-refractivity contribution >= 4 is 5.97 Å². The van der Waals surface area contributed by atoms with Gasteiger partial charge in [0.15, 0.2) is 6.61 Å². The number of hydrogen-bond donors (Lipinski definition) is 1. The predicted octanol–water partition coefficient (Wildman–Crippen LogP) is 2.22. The highest BCUT2D eigenvalue weighted by molar-refractivity contribution is 5.71. The first-order valence-electron chi connectivity index (χ1n) is 6.14. The minimum atomic E-state index is -0.346. The number of ether oxygens (including phenoxy) is 2. The Morgan fingerprint density at radius 1 is 1.44 bits per heavy atom. The summed E-state index contributed by atoms with van der Waals surface area (Å²) in [6.45, 7) is 6.17. The maximum Gasteiger partial charge on any atom is 0.344 e. The maximum atomic E-state index is 11.3. The first-order valence-corrected chi connectivity index (χ1v) is 6.14. The van der Waals surface area contributed by atoms with E-state index in [0.717, 1.165) is 16.9 Å². The van der Waals surface area contributed by atoms with Crippen LogP contribution >= 0.6 is 0 Å². The molecule has 4 heteroatoms. The Bertz CT molecular complexity index is 404. The Balaban J connectivity index is 2.78. The Labute approximate surface area is 108 Å². The summed E-state index contributed by atoms with van der Waals surface area (Å²) < 4.78 is 10.3. The number of carbonyl (C=O) groups is 1. The summed E-state index contributed by atoms with van der Waals surface area (Å²) in [5.74, 6) is 0.372. The number of benzene rings is 1. The van der Waals surface area contributed by atoms with Crippen LogP contribution in [0.25, 0.3) is 0 Å². The second kappa shape index (κ2) is 7.01. The van der Waals surface area contributed by atoms with Crippen molar-refractivity contribution in [1.82, 2.24) is 5.32 Å². The molecule has 0 aliphatic heterocycles. The minimum Gasteiger partial charge on any atom is -0.482 e. The number of rotatable bonds is 6. The highest BCUT2D eigenvalue weighted by atomic mass is 16.6. The molecule has 18 heavy (non-hydrogen) atoms. The summed E-state index contributed by atoms with van der Waals surface area (Å²) in [4.78, 5) is 11.3. The van der Waals surface area contributed by atoms with E-state index < -0.39 is 0 Å². The molecular formula is C14H21NO3. The molecule has 0 heterocycles. The van der Waals surface area contributed by atoms with Crippen LogP contribution in [-0.4, -0.2) is 26.2 Å². The first kappa shape index (κ1) is 14.5. The van der Waals surface area contributed by atoms with Gasteiger partial charge in [0, 0.05) is 11.6 Å². The van der Waals surface area contributed by atoms with E-state index in [9.17, 15) is 4.79 Å². The molecule has 1 N–H and O–H groups in total. The molecule has 0 aliphatic carbocycles. The standard InChI is InChI=1S/C14H21NO3/c1-5-17-14(16)9-18-13-7-6-10(2)8-12(13)11(3)15-4/h6-8,11,15H,5,9H2,1-4H3. The summed E-state index contributed by atoms with van der Waals surface area (Å²) >= 11 is 0. The molecule has 0 saturated heterocycles. The first-order chi connectivity index (χ1) is 8.58. The van der Waals surface area contributed by atoms with Gasteiger partial charge in [-0.3, -0.25) is 0 Å². The molecule has 0 aromatic heterocycles. The Hall–Kier alpha value is -1.55. The number of aryl methyl sites for hydroxylation is 1. The van der Waals surface area contributed by atoms with E-state index in [2.05, 4.69) is 11.4 Å². The molecule has 0 aliphatic rings. The van der Waals surface area contributed by atoms with Gasteiger partial charge in [-0.25, -0.2) is 4.79 Å². The molecule has 0 spiro atoms. The third-order valence-electron chi connectivity index (χ3n) is 2.72. The number of hydrogen-bond acceptors (Lipinski definition) is 4. The summed E-state index contributed by atoms with van der Waals surface area (Å²) in [5.41, 5.74) is 2.21. The van der Waals surface area contributed by atoms with Crippen LogP contribution < -0.4 is 10.1 Å². The highest BCUT2D eigenvalue weighted by Gasteiger charge is 2.12. The van der Waals surface area contributed by atoms with Crippen molar-refractivity contribution in [3.63, 3.8) is 0 Å². The average Bonchev–Trinajstić information content (AvgIpc) is 2.36. The van der Waals surface area contributed by atoms with E-state index in [1.54, 1.807) is 6.92 Å². The zero-order valence-corrected chi connectivity index (χ0v) is 11.4. The van der Waals surface area contributed by atoms with Gasteiger partial charge in [0.25, 0.3) is 0 Å². The van der Waals surface area contributed by atoms with E-state index in [0.29, 0.717) is 6.61 Å². The lowest BCUT2D eigenvalue weighted by molar-refractivity contribution is -0.145. The lowest BCUT2D eigenvalue weighted by Gasteiger charge is -2.17. The van der Waals surface area contributed by atoms with Crippen molar-refractivity contribution in [3.05, 3.63) is 29.3 Å². The van der Waals surface area contributed by atoms with Crippen molar-refractivity contribution in [3.8, 4) is 5.75 Å². The molecule has 1 atom stereocenters. The second-order valence-corrected chi connectivity index (χ2v) is 4.15. The van der Waals surface area contributed by atoms with Crippen LogP contribution in [0, 0.1) is 6.92 Å². The largest absolute Gasteiger partial charge is 0.482 e. The maximum absolute atomic E-state index is 11.3. The third kappa shape index (κ3) is 4.04. The van der Waals surface area contributed by atoms with E-state index in [1.165, 1.54) is 0 Å². The van der Waals surface area contributed by atoms with Gasteiger partial charge in [-0.15, -0.1) is 0 Å². The lowest BCUT2D eigenvalue weighted by Crippen LogP contribution is -2.18. The molecule has 1 aromatic rings. The van der Waals surface area contributed by atoms with E-state index in [-0.39, 0.29) is 18.6 Å². The molecular weight excluding hydrogens is 230 g/mol. The quantitative estimate of drug-likeness (QED) is 0.787. The van der Waals surface area contributed by atoms with Crippen molar-refractivity contribution in [2.24, 2.45) is 0 Å². The van der Waals surface area contributed by atoms with Gasteiger partial charge in [-0.2, -0.15) is 0 Å². The third-order valence-corrected chi connectivity index (χ3v) is 2.72. The fourth-order valence-electron chi connectivity index (χ4n) is 1.63. The van der Waals surface area contributed by atoms with E-state index >= 15 is 0 Å². The van der Waals surface area contributed by atoms with Crippen LogP contribution in [0.1, 0.15) is 31.0 Å². The summed E-state index contributed by atoms with van der Waals surface area (Å²) in [6, 6.07) is 6.08. The SMILES string of the molecule is CCOC(=O)COc1ccc(C)cc1C(C)NC. The van der Waals surface area contributed by atoms with Gasteiger partial charge < -0.3 is 14.8 Å². The smallest absolute Gasteiger partial charge is 0.344 e. The molecule has 0 radical (unpaired) electrons. The van der Waals surface area contributed by atoms with Crippen LogP contribution in [0.3, 0.4) is 0 Å². The normalized spacial score (nSPS) is 12.0. The summed E-state index contributed by atoms with van der Waals surface area (Å²) in [5, 5.41) is 3.17. The van der Waals surface area contributed by atoms with Gasteiger partial charge >= 0.3 is 5.97 Å². The molecule has 0 fully saturated rings. The molecule has 0 bridgehead atoms. The molecule has 4 nitrogen and oxygen atoms in total. The van der Waals surface area contributed by atoms with Gasteiger partial charge in [-0.1, -0.05) is 17.7 Å². The molecule has 100 valence electrons. The van der Waals surface area contributed by atoms with E-state index in [4.69, 9.17) is 9.47 Å². The van der Waals surface area contributed by atoms with Crippen LogP contribution in [0.5, 0.6) is 5.75 Å². The second-order valence-electron chi connectivity index (χ2n) is 4.15. The molecule has 0 amide bonds. The van der Waals surface area contributed by atoms with Crippen molar-refractivity contribution in [2.45, 2.75) is 26.8 Å². The topological polar surface area (TPSA) is 47.6 Å². The minimum absolute atomic E-state index is 0.0552. The van der Waals surface area contributed by atoms with Crippen LogP contribution in [0.4, 0.5) is 0 Å². The van der Waals surface area contributed by atoms with Crippen molar-refractivity contribution in [2.75, 3.05) is 20.3 Å². The molecule has 1 aromatic carbocycles. The Morgan fingerprint density at radius 3 is 2.78 bits per heavy atom.